The molecule has 2 nitrogen and oxygen atoms in total. The van der Waals surface area contributed by atoms with Gasteiger partial charge in [0, 0.05) is 11.6 Å². The lowest BCUT2D eigenvalue weighted by Gasteiger charge is -2.21. The van der Waals surface area contributed by atoms with Crippen molar-refractivity contribution in [1.82, 2.24) is 0 Å². The van der Waals surface area contributed by atoms with Crippen LogP contribution in [0.4, 0.5) is 5.69 Å². The number of rotatable bonds is 3. The number of para-hydroxylation sites is 1. The SMILES string of the molecule is O=C(Nc1ccccc1C1CC1)C1CCCCC1. The summed E-state index contributed by atoms with van der Waals surface area (Å²) in [4.78, 5) is 12.3. The third-order valence-corrected chi connectivity index (χ3v) is 4.21. The number of anilines is 1. The Bertz CT molecular complexity index is 430. The molecule has 1 aromatic rings. The van der Waals surface area contributed by atoms with Gasteiger partial charge in [-0.05, 0) is 43.2 Å². The molecule has 0 saturated heterocycles. The Morgan fingerprint density at radius 3 is 2.44 bits per heavy atom. The van der Waals surface area contributed by atoms with E-state index in [1.54, 1.807) is 0 Å². The van der Waals surface area contributed by atoms with E-state index in [2.05, 4.69) is 17.4 Å². The lowest BCUT2D eigenvalue weighted by Crippen LogP contribution is -2.25. The minimum Gasteiger partial charge on any atom is -0.326 e. The minimum atomic E-state index is 0.239. The lowest BCUT2D eigenvalue weighted by molar-refractivity contribution is -0.120. The molecule has 0 aliphatic heterocycles. The lowest BCUT2D eigenvalue weighted by atomic mass is 9.88. The van der Waals surface area contributed by atoms with Crippen LogP contribution in [-0.2, 0) is 4.79 Å². The minimum absolute atomic E-state index is 0.239. The van der Waals surface area contributed by atoms with Crippen molar-refractivity contribution >= 4 is 11.6 Å². The van der Waals surface area contributed by atoms with Crippen molar-refractivity contribution in [2.75, 3.05) is 5.32 Å². The number of carbonyl (C=O) groups excluding carboxylic acids is 1. The fourth-order valence-electron chi connectivity index (χ4n) is 2.96. The average Bonchev–Trinajstić information content (AvgIpc) is 3.25. The number of nitrogens with one attached hydrogen (secondary N) is 1. The Morgan fingerprint density at radius 2 is 1.72 bits per heavy atom. The number of carbonyl (C=O) groups is 1. The van der Waals surface area contributed by atoms with Gasteiger partial charge >= 0.3 is 0 Å². The molecule has 0 bridgehead atoms. The van der Waals surface area contributed by atoms with E-state index in [-0.39, 0.29) is 11.8 Å². The second kappa shape index (κ2) is 5.13. The smallest absolute Gasteiger partial charge is 0.227 e. The molecule has 0 heterocycles. The summed E-state index contributed by atoms with van der Waals surface area (Å²) in [5.74, 6) is 1.17. The molecule has 18 heavy (non-hydrogen) atoms. The predicted octanol–water partition coefficient (Wildman–Crippen LogP) is 4.08. The summed E-state index contributed by atoms with van der Waals surface area (Å²) in [6.07, 6.45) is 8.40. The van der Waals surface area contributed by atoms with Crippen LogP contribution in [0, 0.1) is 5.92 Å². The molecule has 0 aromatic heterocycles. The molecular formula is C16H21NO. The molecule has 2 saturated carbocycles. The Labute approximate surface area is 109 Å². The zero-order chi connectivity index (χ0) is 12.4. The first-order valence-corrected chi connectivity index (χ1v) is 7.24. The van der Waals surface area contributed by atoms with Crippen molar-refractivity contribution in [2.24, 2.45) is 5.92 Å². The predicted molar refractivity (Wildman–Crippen MR) is 73.6 cm³/mol. The van der Waals surface area contributed by atoms with Gasteiger partial charge in [-0.3, -0.25) is 4.79 Å². The van der Waals surface area contributed by atoms with Crippen LogP contribution in [0.15, 0.2) is 24.3 Å². The first-order chi connectivity index (χ1) is 8.84. The highest BCUT2D eigenvalue weighted by Crippen LogP contribution is 2.43. The van der Waals surface area contributed by atoms with Gasteiger partial charge in [0.2, 0.25) is 5.91 Å². The van der Waals surface area contributed by atoms with Gasteiger partial charge in [-0.15, -0.1) is 0 Å². The molecule has 1 amide bonds. The number of hydrogen-bond donors (Lipinski definition) is 1. The Morgan fingerprint density at radius 1 is 1.00 bits per heavy atom. The van der Waals surface area contributed by atoms with Crippen LogP contribution < -0.4 is 5.32 Å². The van der Waals surface area contributed by atoms with Crippen LogP contribution in [0.3, 0.4) is 0 Å². The molecule has 1 N–H and O–H groups in total. The van der Waals surface area contributed by atoms with Crippen LogP contribution in [0.5, 0.6) is 0 Å². The third kappa shape index (κ3) is 2.58. The molecular weight excluding hydrogens is 222 g/mol. The average molecular weight is 243 g/mol. The second-order valence-corrected chi connectivity index (χ2v) is 5.69. The maximum atomic E-state index is 12.3. The largest absolute Gasteiger partial charge is 0.326 e. The first-order valence-electron chi connectivity index (χ1n) is 7.24. The molecule has 0 radical (unpaired) electrons. The molecule has 3 rings (SSSR count). The van der Waals surface area contributed by atoms with Gasteiger partial charge in [-0.1, -0.05) is 37.5 Å². The van der Waals surface area contributed by atoms with Crippen molar-refractivity contribution in [3.8, 4) is 0 Å². The number of benzene rings is 1. The Hall–Kier alpha value is -1.31. The molecule has 96 valence electrons. The highest BCUT2D eigenvalue weighted by atomic mass is 16.1. The quantitative estimate of drug-likeness (QED) is 0.851. The molecule has 2 aliphatic carbocycles. The normalized spacial score (nSPS) is 20.7. The van der Waals surface area contributed by atoms with Crippen molar-refractivity contribution < 1.29 is 4.79 Å². The van der Waals surface area contributed by atoms with Crippen LogP contribution in [-0.4, -0.2) is 5.91 Å². The highest BCUT2D eigenvalue weighted by molar-refractivity contribution is 5.93. The van der Waals surface area contributed by atoms with Crippen molar-refractivity contribution in [3.63, 3.8) is 0 Å². The van der Waals surface area contributed by atoms with E-state index in [1.165, 1.54) is 37.7 Å². The van der Waals surface area contributed by atoms with E-state index in [0.29, 0.717) is 5.92 Å². The standard InChI is InChI=1S/C16H21NO/c18-16(13-6-2-1-3-7-13)17-15-9-5-4-8-14(15)12-10-11-12/h4-5,8-9,12-13H,1-3,6-7,10-11H2,(H,17,18). The van der Waals surface area contributed by atoms with Crippen LogP contribution in [0.25, 0.3) is 0 Å². The summed E-state index contributed by atoms with van der Waals surface area (Å²) in [7, 11) is 0. The van der Waals surface area contributed by atoms with E-state index in [0.717, 1.165) is 18.5 Å². The molecule has 0 unspecified atom stereocenters. The van der Waals surface area contributed by atoms with Crippen molar-refractivity contribution in [2.45, 2.75) is 50.9 Å². The summed E-state index contributed by atoms with van der Waals surface area (Å²) in [6.45, 7) is 0. The van der Waals surface area contributed by atoms with Crippen molar-refractivity contribution in [1.29, 1.82) is 0 Å². The van der Waals surface area contributed by atoms with Crippen LogP contribution in [0.2, 0.25) is 0 Å². The Kier molecular flexibility index (Phi) is 3.35. The summed E-state index contributed by atoms with van der Waals surface area (Å²) < 4.78 is 0. The van der Waals surface area contributed by atoms with Gasteiger partial charge in [0.1, 0.15) is 0 Å². The maximum absolute atomic E-state index is 12.3. The van der Waals surface area contributed by atoms with Gasteiger partial charge in [0.15, 0.2) is 0 Å². The second-order valence-electron chi connectivity index (χ2n) is 5.69. The van der Waals surface area contributed by atoms with Gasteiger partial charge < -0.3 is 5.32 Å². The molecule has 1 aromatic carbocycles. The Balaban J connectivity index is 1.69. The molecule has 0 atom stereocenters. The van der Waals surface area contributed by atoms with E-state index in [1.807, 2.05) is 12.1 Å². The van der Waals surface area contributed by atoms with E-state index < -0.39 is 0 Å². The van der Waals surface area contributed by atoms with Crippen molar-refractivity contribution in [3.05, 3.63) is 29.8 Å². The molecule has 0 spiro atoms. The van der Waals surface area contributed by atoms with E-state index in [9.17, 15) is 4.79 Å². The summed E-state index contributed by atoms with van der Waals surface area (Å²) in [5, 5.41) is 3.16. The zero-order valence-corrected chi connectivity index (χ0v) is 10.8. The molecule has 2 fully saturated rings. The van der Waals surface area contributed by atoms with Gasteiger partial charge in [-0.25, -0.2) is 0 Å². The fraction of sp³-hybridized carbons (Fsp3) is 0.562. The summed E-state index contributed by atoms with van der Waals surface area (Å²) >= 11 is 0. The van der Waals surface area contributed by atoms with Gasteiger partial charge in [0.25, 0.3) is 0 Å². The van der Waals surface area contributed by atoms with Gasteiger partial charge in [-0.2, -0.15) is 0 Å². The summed E-state index contributed by atoms with van der Waals surface area (Å²) in [6, 6.07) is 8.30. The monoisotopic (exact) mass is 243 g/mol. The van der Waals surface area contributed by atoms with Gasteiger partial charge in [0.05, 0.1) is 0 Å². The number of hydrogen-bond acceptors (Lipinski definition) is 1. The summed E-state index contributed by atoms with van der Waals surface area (Å²) in [5.41, 5.74) is 2.39. The topological polar surface area (TPSA) is 29.1 Å². The van der Waals surface area contributed by atoms with Crippen LogP contribution in [0.1, 0.15) is 56.4 Å². The van der Waals surface area contributed by atoms with E-state index in [4.69, 9.17) is 0 Å². The van der Waals surface area contributed by atoms with E-state index >= 15 is 0 Å². The fourth-order valence-corrected chi connectivity index (χ4v) is 2.96. The third-order valence-electron chi connectivity index (χ3n) is 4.21. The zero-order valence-electron chi connectivity index (χ0n) is 10.8. The number of amides is 1. The maximum Gasteiger partial charge on any atom is 0.227 e. The molecule has 2 heteroatoms. The highest BCUT2D eigenvalue weighted by Gasteiger charge is 2.27. The molecule has 2 aliphatic rings. The van der Waals surface area contributed by atoms with Crippen LogP contribution >= 0.6 is 0 Å². The first kappa shape index (κ1) is 11.8.